The Labute approximate surface area is 194 Å². The van der Waals surface area contributed by atoms with Gasteiger partial charge < -0.3 is 14.2 Å². The van der Waals surface area contributed by atoms with Crippen LogP contribution in [0.4, 0.5) is 13.2 Å². The Morgan fingerprint density at radius 2 is 1.91 bits per heavy atom. The van der Waals surface area contributed by atoms with Crippen molar-refractivity contribution in [3.05, 3.63) is 70.2 Å². The summed E-state index contributed by atoms with van der Waals surface area (Å²) in [5.41, 5.74) is -0.941. The number of hydrogen-bond acceptors (Lipinski definition) is 6. The zero-order chi connectivity index (χ0) is 24.9. The van der Waals surface area contributed by atoms with Crippen LogP contribution in [0.5, 0.6) is 0 Å². The molecule has 0 spiro atoms. The number of nitrogens with zero attached hydrogens (tertiary/aromatic N) is 1. The van der Waals surface area contributed by atoms with Gasteiger partial charge in [-0.1, -0.05) is 0 Å². The van der Waals surface area contributed by atoms with Gasteiger partial charge in [-0.2, -0.15) is 13.2 Å². The smallest absolute Gasteiger partial charge is 0.416 e. The second-order valence-corrected chi connectivity index (χ2v) is 10.2. The van der Waals surface area contributed by atoms with Gasteiger partial charge in [0.05, 0.1) is 47.9 Å². The van der Waals surface area contributed by atoms with E-state index in [9.17, 15) is 26.4 Å². The molecular formula is C23H22F3NO6S. The maximum atomic E-state index is 13.8. The number of rotatable bonds is 6. The van der Waals surface area contributed by atoms with Crippen molar-refractivity contribution in [2.75, 3.05) is 7.11 Å². The number of fused-ring (bicyclic) bond motifs is 2. The molecule has 182 valence electrons. The molecule has 34 heavy (non-hydrogen) atoms. The molecule has 1 aromatic heterocycles. The number of hydrogen-bond donors (Lipinski definition) is 0. The van der Waals surface area contributed by atoms with Crippen LogP contribution in [0, 0.1) is 0 Å². The first-order valence-electron chi connectivity index (χ1n) is 10.3. The summed E-state index contributed by atoms with van der Waals surface area (Å²) in [6.45, 7) is 2.54. The maximum Gasteiger partial charge on any atom is 0.416 e. The largest absolute Gasteiger partial charge is 0.472 e. The predicted octanol–water partition coefficient (Wildman–Crippen LogP) is 4.78. The fraction of sp³-hybridized carbons (Fsp3) is 0.348. The summed E-state index contributed by atoms with van der Waals surface area (Å²) in [5, 5.41) is 0.0785. The molecule has 2 heterocycles. The monoisotopic (exact) mass is 497 g/mol. The summed E-state index contributed by atoms with van der Waals surface area (Å²) in [6, 6.07) is 4.18. The van der Waals surface area contributed by atoms with E-state index in [-0.39, 0.29) is 34.5 Å². The van der Waals surface area contributed by atoms with Crippen LogP contribution in [-0.4, -0.2) is 31.1 Å². The lowest BCUT2D eigenvalue weighted by molar-refractivity contribution is -0.166. The van der Waals surface area contributed by atoms with Gasteiger partial charge in [0.1, 0.15) is 0 Å². The summed E-state index contributed by atoms with van der Waals surface area (Å²) in [6.07, 6.45) is 0.467. The highest BCUT2D eigenvalue weighted by molar-refractivity contribution is 7.94. The van der Waals surface area contributed by atoms with E-state index in [1.807, 2.05) is 0 Å². The molecule has 0 radical (unpaired) electrons. The Morgan fingerprint density at radius 1 is 1.18 bits per heavy atom. The highest BCUT2D eigenvalue weighted by Crippen LogP contribution is 2.40. The van der Waals surface area contributed by atoms with Crippen LogP contribution in [0.3, 0.4) is 0 Å². The first kappa shape index (κ1) is 24.1. The topological polar surface area (TPSA) is 83.8 Å². The zero-order valence-corrected chi connectivity index (χ0v) is 19.4. The van der Waals surface area contributed by atoms with E-state index in [2.05, 4.69) is 0 Å². The molecule has 2 aromatic rings. The molecule has 2 aliphatic rings. The van der Waals surface area contributed by atoms with E-state index in [0.29, 0.717) is 12.0 Å². The molecule has 0 bridgehead atoms. The van der Waals surface area contributed by atoms with E-state index in [4.69, 9.17) is 14.2 Å². The third-order valence-electron chi connectivity index (χ3n) is 5.76. The standard InChI is InChI=1S/C23H22F3NO6S/c1-22(2,21(28)31-3)33-13-17-11-15-10-16(23(24,25)26)5-6-19(15)27(17)34(29,30)20-7-4-14-12-32-9-8-18(14)20/h5-6,8-12H,4,7,13H2,1-3H3. The third kappa shape index (κ3) is 4.14. The molecule has 0 N–H and O–H groups in total. The SMILES string of the molecule is COC(=O)C(C)(C)OCc1cc2cc(C(F)(F)F)ccc2n1S(=O)(=O)C1=C2C=COC=C2CC1. The molecule has 0 saturated heterocycles. The van der Waals surface area contributed by atoms with Gasteiger partial charge in [0, 0.05) is 11.0 Å². The van der Waals surface area contributed by atoms with Crippen molar-refractivity contribution in [1.82, 2.24) is 3.97 Å². The minimum atomic E-state index is -4.60. The average molecular weight is 497 g/mol. The van der Waals surface area contributed by atoms with E-state index < -0.39 is 33.3 Å². The molecule has 4 rings (SSSR count). The minimum Gasteiger partial charge on any atom is -0.472 e. The molecule has 1 aromatic carbocycles. The Hall–Kier alpha value is -3.05. The van der Waals surface area contributed by atoms with Crippen molar-refractivity contribution in [3.63, 3.8) is 0 Å². The second kappa shape index (κ2) is 8.31. The highest BCUT2D eigenvalue weighted by Gasteiger charge is 2.36. The van der Waals surface area contributed by atoms with Gasteiger partial charge in [0.25, 0.3) is 10.0 Å². The molecule has 0 fully saturated rings. The van der Waals surface area contributed by atoms with Crippen LogP contribution in [-0.2, 0) is 41.8 Å². The molecule has 0 unspecified atom stereocenters. The van der Waals surface area contributed by atoms with Gasteiger partial charge in [-0.15, -0.1) is 0 Å². The molecule has 1 aliphatic heterocycles. The van der Waals surface area contributed by atoms with Crippen LogP contribution in [0.2, 0.25) is 0 Å². The number of ether oxygens (including phenoxy) is 3. The van der Waals surface area contributed by atoms with Crippen LogP contribution in [0.15, 0.2) is 58.9 Å². The van der Waals surface area contributed by atoms with Crippen molar-refractivity contribution in [3.8, 4) is 0 Å². The van der Waals surface area contributed by atoms with Crippen molar-refractivity contribution in [2.24, 2.45) is 0 Å². The summed E-state index contributed by atoms with van der Waals surface area (Å²) < 4.78 is 84.0. The average Bonchev–Trinajstić information content (AvgIpc) is 3.38. The van der Waals surface area contributed by atoms with E-state index in [0.717, 1.165) is 27.7 Å². The van der Waals surface area contributed by atoms with E-state index in [1.54, 1.807) is 6.08 Å². The van der Waals surface area contributed by atoms with Crippen LogP contribution >= 0.6 is 0 Å². The summed E-state index contributed by atoms with van der Waals surface area (Å²) in [4.78, 5) is 12.1. The van der Waals surface area contributed by atoms with Crippen LogP contribution in [0.1, 0.15) is 37.9 Å². The van der Waals surface area contributed by atoms with Gasteiger partial charge in [-0.3, -0.25) is 0 Å². The number of esters is 1. The zero-order valence-electron chi connectivity index (χ0n) is 18.6. The van der Waals surface area contributed by atoms with Gasteiger partial charge in [-0.05, 0) is 62.6 Å². The van der Waals surface area contributed by atoms with Crippen LogP contribution < -0.4 is 0 Å². The lowest BCUT2D eigenvalue weighted by atomic mass is 10.1. The molecule has 11 heteroatoms. The normalized spacial score (nSPS) is 16.5. The van der Waals surface area contributed by atoms with Gasteiger partial charge in [-0.25, -0.2) is 17.2 Å². The first-order chi connectivity index (χ1) is 15.9. The molecule has 0 saturated carbocycles. The van der Waals surface area contributed by atoms with Crippen molar-refractivity contribution in [2.45, 2.75) is 45.1 Å². The lowest BCUT2D eigenvalue weighted by Crippen LogP contribution is -2.36. The number of halogens is 3. The molecule has 0 atom stereocenters. The van der Waals surface area contributed by atoms with Crippen molar-refractivity contribution < 1.29 is 40.6 Å². The van der Waals surface area contributed by atoms with Crippen molar-refractivity contribution in [1.29, 1.82) is 0 Å². The Kier molecular flexibility index (Phi) is 5.89. The molecular weight excluding hydrogens is 475 g/mol. The van der Waals surface area contributed by atoms with E-state index >= 15 is 0 Å². The van der Waals surface area contributed by atoms with Gasteiger partial charge in [0.15, 0.2) is 5.60 Å². The van der Waals surface area contributed by atoms with Crippen molar-refractivity contribution >= 4 is 26.9 Å². The number of benzene rings is 1. The Bertz CT molecular complexity index is 1360. The Morgan fingerprint density at radius 3 is 2.59 bits per heavy atom. The molecule has 7 nitrogen and oxygen atoms in total. The van der Waals surface area contributed by atoms with Crippen LogP contribution in [0.25, 0.3) is 10.9 Å². The molecule has 0 amide bonds. The summed E-state index contributed by atoms with van der Waals surface area (Å²) >= 11 is 0. The minimum absolute atomic E-state index is 0.0732. The van der Waals surface area contributed by atoms with E-state index in [1.165, 1.54) is 39.5 Å². The Balaban J connectivity index is 1.87. The highest BCUT2D eigenvalue weighted by atomic mass is 32.2. The molecule has 1 aliphatic carbocycles. The summed E-state index contributed by atoms with van der Waals surface area (Å²) in [5.74, 6) is -0.680. The number of carbonyl (C=O) groups excluding carboxylic acids is 1. The predicted molar refractivity (Wildman–Crippen MR) is 117 cm³/mol. The van der Waals surface area contributed by atoms with Gasteiger partial charge in [0.2, 0.25) is 0 Å². The quantitative estimate of drug-likeness (QED) is 0.534. The summed E-state index contributed by atoms with van der Waals surface area (Å²) in [7, 11) is -3.01. The fourth-order valence-electron chi connectivity index (χ4n) is 3.99. The number of alkyl halides is 3. The number of carbonyl (C=O) groups is 1. The fourth-order valence-corrected chi connectivity index (χ4v) is 5.89. The third-order valence-corrected chi connectivity index (χ3v) is 7.72. The second-order valence-electron chi connectivity index (χ2n) is 8.39. The number of allylic oxidation sites excluding steroid dienone is 4. The first-order valence-corrected chi connectivity index (χ1v) is 11.7. The number of methoxy groups -OCH3 is 1. The maximum absolute atomic E-state index is 13.8. The van der Waals surface area contributed by atoms with Gasteiger partial charge >= 0.3 is 12.1 Å². The lowest BCUT2D eigenvalue weighted by Gasteiger charge is -2.23. The number of aromatic nitrogens is 1.